The largest absolute Gasteiger partial charge is 0.384 e. The van der Waals surface area contributed by atoms with Gasteiger partial charge in [0.25, 0.3) is 0 Å². The van der Waals surface area contributed by atoms with E-state index in [9.17, 15) is 0 Å². The van der Waals surface area contributed by atoms with Gasteiger partial charge in [0, 0.05) is 19.1 Å². The highest BCUT2D eigenvalue weighted by molar-refractivity contribution is 5.56. The van der Waals surface area contributed by atoms with E-state index < -0.39 is 0 Å². The Morgan fingerprint density at radius 3 is 2.83 bits per heavy atom. The van der Waals surface area contributed by atoms with E-state index in [1.165, 1.54) is 12.1 Å². The Labute approximate surface area is 111 Å². The molecule has 1 aliphatic rings. The molecule has 3 atom stereocenters. The van der Waals surface area contributed by atoms with Crippen LogP contribution in [-0.2, 0) is 0 Å². The van der Waals surface area contributed by atoms with Crippen LogP contribution in [-0.4, -0.2) is 24.1 Å². The average Bonchev–Trinajstić information content (AvgIpc) is 2.34. The van der Waals surface area contributed by atoms with Crippen LogP contribution in [0.25, 0.3) is 0 Å². The van der Waals surface area contributed by atoms with Gasteiger partial charge >= 0.3 is 0 Å². The van der Waals surface area contributed by atoms with Crippen molar-refractivity contribution in [2.75, 3.05) is 23.3 Å². The molecule has 2 heterocycles. The topological polar surface area (TPSA) is 28.2 Å². The molecule has 1 fully saturated rings. The van der Waals surface area contributed by atoms with Crippen molar-refractivity contribution in [1.82, 2.24) is 4.98 Å². The number of nitrogens with zero attached hydrogens (tertiary/aromatic N) is 2. The van der Waals surface area contributed by atoms with E-state index in [0.717, 1.165) is 30.6 Å². The van der Waals surface area contributed by atoms with E-state index in [0.29, 0.717) is 6.04 Å². The van der Waals surface area contributed by atoms with Gasteiger partial charge in [0.15, 0.2) is 0 Å². The van der Waals surface area contributed by atoms with Gasteiger partial charge in [-0.15, -0.1) is 0 Å². The predicted octanol–water partition coefficient (Wildman–Crippen LogP) is 3.38. The number of aromatic nitrogens is 1. The summed E-state index contributed by atoms with van der Waals surface area (Å²) in [7, 11) is 0. The van der Waals surface area contributed by atoms with Crippen molar-refractivity contribution in [3.05, 3.63) is 18.5 Å². The Bertz CT molecular complexity index is 391. The summed E-state index contributed by atoms with van der Waals surface area (Å²) >= 11 is 0. The lowest BCUT2D eigenvalue weighted by molar-refractivity contribution is 0.297. The molecule has 1 saturated heterocycles. The molecule has 3 unspecified atom stereocenters. The smallest absolute Gasteiger partial charge is 0.0576 e. The fourth-order valence-electron chi connectivity index (χ4n) is 2.94. The standard InChI is InChI=1S/C15H25N3/c1-5-17-14-7-15(9-16-8-14)18-10-11(2)6-12(3)13(18)4/h7-9,11-13,17H,5-6,10H2,1-4H3. The predicted molar refractivity (Wildman–Crippen MR) is 78.2 cm³/mol. The molecule has 1 aliphatic heterocycles. The maximum absolute atomic E-state index is 4.36. The molecule has 0 amide bonds. The third-order valence-corrected chi connectivity index (χ3v) is 4.03. The molecule has 100 valence electrons. The van der Waals surface area contributed by atoms with Crippen molar-refractivity contribution < 1.29 is 0 Å². The molecule has 1 aromatic heterocycles. The van der Waals surface area contributed by atoms with Crippen LogP contribution in [0.15, 0.2) is 18.5 Å². The van der Waals surface area contributed by atoms with Gasteiger partial charge in [0.05, 0.1) is 23.8 Å². The molecule has 1 aromatic rings. The van der Waals surface area contributed by atoms with Gasteiger partial charge in [-0.2, -0.15) is 0 Å². The highest BCUT2D eigenvalue weighted by atomic mass is 15.2. The van der Waals surface area contributed by atoms with Gasteiger partial charge in [-0.25, -0.2) is 0 Å². The van der Waals surface area contributed by atoms with Crippen LogP contribution < -0.4 is 10.2 Å². The first-order chi connectivity index (χ1) is 8.61. The van der Waals surface area contributed by atoms with Gasteiger partial charge in [-0.3, -0.25) is 4.98 Å². The van der Waals surface area contributed by atoms with Gasteiger partial charge < -0.3 is 10.2 Å². The minimum absolute atomic E-state index is 0.597. The van der Waals surface area contributed by atoms with E-state index in [2.05, 4.69) is 49.0 Å². The molecule has 0 aliphatic carbocycles. The van der Waals surface area contributed by atoms with Crippen molar-refractivity contribution in [2.45, 2.75) is 40.2 Å². The first kappa shape index (κ1) is 13.2. The summed E-state index contributed by atoms with van der Waals surface area (Å²) in [6.07, 6.45) is 5.22. The van der Waals surface area contributed by atoms with Crippen LogP contribution in [0.2, 0.25) is 0 Å². The molecule has 3 nitrogen and oxygen atoms in total. The maximum Gasteiger partial charge on any atom is 0.0576 e. The van der Waals surface area contributed by atoms with E-state index >= 15 is 0 Å². The first-order valence-corrected chi connectivity index (χ1v) is 7.07. The summed E-state index contributed by atoms with van der Waals surface area (Å²) in [4.78, 5) is 6.87. The van der Waals surface area contributed by atoms with E-state index in [1.807, 2.05) is 12.4 Å². The van der Waals surface area contributed by atoms with Crippen LogP contribution in [0.5, 0.6) is 0 Å². The summed E-state index contributed by atoms with van der Waals surface area (Å²) < 4.78 is 0. The summed E-state index contributed by atoms with van der Waals surface area (Å²) in [5.41, 5.74) is 2.37. The molecule has 0 bridgehead atoms. The minimum Gasteiger partial charge on any atom is -0.384 e. The monoisotopic (exact) mass is 247 g/mol. The Morgan fingerprint density at radius 1 is 1.33 bits per heavy atom. The number of hydrogen-bond acceptors (Lipinski definition) is 3. The van der Waals surface area contributed by atoms with Crippen LogP contribution in [0.1, 0.15) is 34.1 Å². The zero-order valence-electron chi connectivity index (χ0n) is 12.0. The summed E-state index contributed by atoms with van der Waals surface area (Å²) in [5, 5.41) is 3.34. The number of rotatable bonds is 3. The molecule has 0 saturated carbocycles. The van der Waals surface area contributed by atoms with Crippen LogP contribution in [0.4, 0.5) is 11.4 Å². The summed E-state index contributed by atoms with van der Waals surface area (Å²) in [6.45, 7) is 11.2. The van der Waals surface area contributed by atoms with Crippen LogP contribution >= 0.6 is 0 Å². The van der Waals surface area contributed by atoms with Crippen molar-refractivity contribution in [3.63, 3.8) is 0 Å². The lowest BCUT2D eigenvalue weighted by Crippen LogP contribution is -2.45. The lowest BCUT2D eigenvalue weighted by Gasteiger charge is -2.42. The fraction of sp³-hybridized carbons (Fsp3) is 0.667. The quantitative estimate of drug-likeness (QED) is 0.887. The van der Waals surface area contributed by atoms with Crippen molar-refractivity contribution >= 4 is 11.4 Å². The molecule has 1 N–H and O–H groups in total. The SMILES string of the molecule is CCNc1cncc(N2CC(C)CC(C)C2C)c1. The second-order valence-electron chi connectivity index (χ2n) is 5.67. The third-order valence-electron chi connectivity index (χ3n) is 4.03. The van der Waals surface area contributed by atoms with E-state index in [-0.39, 0.29) is 0 Å². The fourth-order valence-corrected chi connectivity index (χ4v) is 2.94. The zero-order valence-corrected chi connectivity index (χ0v) is 12.0. The molecule has 0 spiro atoms. The number of anilines is 2. The van der Waals surface area contributed by atoms with Crippen LogP contribution in [0.3, 0.4) is 0 Å². The maximum atomic E-state index is 4.36. The van der Waals surface area contributed by atoms with E-state index in [4.69, 9.17) is 0 Å². The van der Waals surface area contributed by atoms with Gasteiger partial charge in [0.1, 0.15) is 0 Å². The van der Waals surface area contributed by atoms with Gasteiger partial charge in [0.2, 0.25) is 0 Å². The minimum atomic E-state index is 0.597. The normalized spacial score (nSPS) is 28.2. The molecular weight excluding hydrogens is 222 g/mol. The molecule has 3 heteroatoms. The molecule has 0 aromatic carbocycles. The second kappa shape index (κ2) is 5.59. The van der Waals surface area contributed by atoms with Crippen molar-refractivity contribution in [2.24, 2.45) is 11.8 Å². The second-order valence-corrected chi connectivity index (χ2v) is 5.67. The highest BCUT2D eigenvalue weighted by Gasteiger charge is 2.29. The first-order valence-electron chi connectivity index (χ1n) is 7.07. The molecular formula is C15H25N3. The van der Waals surface area contributed by atoms with Gasteiger partial charge in [-0.05, 0) is 38.2 Å². The Hall–Kier alpha value is -1.25. The summed E-state index contributed by atoms with van der Waals surface area (Å²) in [5.74, 6) is 1.51. The van der Waals surface area contributed by atoms with E-state index in [1.54, 1.807) is 0 Å². The zero-order chi connectivity index (χ0) is 13.1. The number of hydrogen-bond donors (Lipinski definition) is 1. The average molecular weight is 247 g/mol. The Morgan fingerprint density at radius 2 is 2.11 bits per heavy atom. The van der Waals surface area contributed by atoms with Gasteiger partial charge in [-0.1, -0.05) is 13.8 Å². The molecule has 18 heavy (non-hydrogen) atoms. The number of pyridine rings is 1. The third kappa shape index (κ3) is 2.77. The Kier molecular flexibility index (Phi) is 4.10. The lowest BCUT2D eigenvalue weighted by atomic mass is 9.86. The Balaban J connectivity index is 2.20. The van der Waals surface area contributed by atoms with Crippen molar-refractivity contribution in [1.29, 1.82) is 0 Å². The highest BCUT2D eigenvalue weighted by Crippen LogP contribution is 2.31. The molecule has 0 radical (unpaired) electrons. The van der Waals surface area contributed by atoms with Crippen LogP contribution in [0, 0.1) is 11.8 Å². The molecule has 2 rings (SSSR count). The van der Waals surface area contributed by atoms with Crippen molar-refractivity contribution in [3.8, 4) is 0 Å². The number of piperidine rings is 1. The number of nitrogens with one attached hydrogen (secondary N) is 1. The summed E-state index contributed by atoms with van der Waals surface area (Å²) in [6, 6.07) is 2.82.